The van der Waals surface area contributed by atoms with Gasteiger partial charge in [0.15, 0.2) is 0 Å². The second-order valence-corrected chi connectivity index (χ2v) is 5.51. The number of carbonyl (C=O) groups is 2. The topological polar surface area (TPSA) is 69.6 Å². The number of carbonyl (C=O) groups excluding carboxylic acids is 1. The maximum atomic E-state index is 11.7. The van der Waals surface area contributed by atoms with Crippen molar-refractivity contribution in [2.24, 2.45) is 5.41 Å². The summed E-state index contributed by atoms with van der Waals surface area (Å²) in [6, 6.07) is 0. The molecular formula is C13H22N2O3. The minimum atomic E-state index is -0.770. The molecule has 0 aromatic rings. The van der Waals surface area contributed by atoms with Crippen molar-refractivity contribution in [1.29, 1.82) is 0 Å². The first-order chi connectivity index (χ1) is 8.62. The van der Waals surface area contributed by atoms with E-state index in [0.717, 1.165) is 26.1 Å². The van der Waals surface area contributed by atoms with E-state index in [1.54, 1.807) is 0 Å². The fourth-order valence-corrected chi connectivity index (χ4v) is 2.69. The maximum absolute atomic E-state index is 11.7. The third-order valence-corrected chi connectivity index (χ3v) is 4.24. The Morgan fingerprint density at radius 3 is 2.33 bits per heavy atom. The highest BCUT2D eigenvalue weighted by Crippen LogP contribution is 2.40. The van der Waals surface area contributed by atoms with Gasteiger partial charge in [-0.2, -0.15) is 0 Å². The van der Waals surface area contributed by atoms with Gasteiger partial charge in [-0.3, -0.25) is 9.59 Å². The molecule has 5 nitrogen and oxygen atoms in total. The van der Waals surface area contributed by atoms with Gasteiger partial charge in [-0.15, -0.1) is 0 Å². The summed E-state index contributed by atoms with van der Waals surface area (Å²) in [7, 11) is 0. The number of likely N-dealkylation sites (tertiary alicyclic amines) is 1. The fourth-order valence-electron chi connectivity index (χ4n) is 2.69. The Morgan fingerprint density at radius 1 is 1.17 bits per heavy atom. The summed E-state index contributed by atoms with van der Waals surface area (Å²) < 4.78 is 0. The van der Waals surface area contributed by atoms with Crippen molar-refractivity contribution >= 4 is 11.9 Å². The molecule has 1 aliphatic carbocycles. The normalized spacial score (nSPS) is 22.4. The Hall–Kier alpha value is -1.10. The van der Waals surface area contributed by atoms with Crippen LogP contribution in [0.25, 0.3) is 0 Å². The highest BCUT2D eigenvalue weighted by molar-refractivity contribution is 5.79. The Morgan fingerprint density at radius 2 is 1.83 bits per heavy atom. The molecule has 1 amide bonds. The largest absolute Gasteiger partial charge is 0.481 e. The molecule has 1 saturated carbocycles. The minimum Gasteiger partial charge on any atom is -0.481 e. The zero-order valence-electron chi connectivity index (χ0n) is 10.8. The monoisotopic (exact) mass is 254 g/mol. The molecule has 0 bridgehead atoms. The van der Waals surface area contributed by atoms with Crippen LogP contribution in [-0.2, 0) is 9.59 Å². The summed E-state index contributed by atoms with van der Waals surface area (Å²) in [5, 5.41) is 11.9. The second kappa shape index (κ2) is 5.69. The molecule has 2 rings (SSSR count). The molecule has 0 atom stereocenters. The van der Waals surface area contributed by atoms with Crippen molar-refractivity contribution in [3.8, 4) is 0 Å². The summed E-state index contributed by atoms with van der Waals surface area (Å²) in [6.07, 6.45) is 5.27. The Kier molecular flexibility index (Phi) is 4.22. The molecular weight excluding hydrogens is 232 g/mol. The van der Waals surface area contributed by atoms with Crippen LogP contribution in [-0.4, -0.2) is 48.1 Å². The van der Waals surface area contributed by atoms with Crippen LogP contribution in [0.15, 0.2) is 0 Å². The van der Waals surface area contributed by atoms with Crippen LogP contribution in [0.5, 0.6) is 0 Å². The number of carboxylic acid groups (broad SMARTS) is 1. The van der Waals surface area contributed by atoms with E-state index in [1.165, 1.54) is 12.8 Å². The maximum Gasteiger partial charge on any atom is 0.311 e. The SMILES string of the molecule is O=C(CCN1CCCC1)NCC1(C(=O)O)CCC1. The summed E-state index contributed by atoms with van der Waals surface area (Å²) >= 11 is 0. The standard InChI is InChI=1S/C13H22N2O3/c16-11(4-9-15-7-1-2-8-15)14-10-13(12(17)18)5-3-6-13/h1-10H2,(H,14,16)(H,17,18). The lowest BCUT2D eigenvalue weighted by molar-refractivity contribution is -0.154. The van der Waals surface area contributed by atoms with Crippen molar-refractivity contribution < 1.29 is 14.7 Å². The van der Waals surface area contributed by atoms with Gasteiger partial charge in [0.2, 0.25) is 5.91 Å². The van der Waals surface area contributed by atoms with Gasteiger partial charge >= 0.3 is 5.97 Å². The molecule has 0 spiro atoms. The van der Waals surface area contributed by atoms with Crippen LogP contribution in [0.2, 0.25) is 0 Å². The van der Waals surface area contributed by atoms with Gasteiger partial charge in [0.05, 0.1) is 5.41 Å². The number of rotatable bonds is 6. The van der Waals surface area contributed by atoms with Crippen LogP contribution in [0.3, 0.4) is 0 Å². The van der Waals surface area contributed by atoms with E-state index in [2.05, 4.69) is 10.2 Å². The third kappa shape index (κ3) is 3.02. The number of hydrogen-bond acceptors (Lipinski definition) is 3. The van der Waals surface area contributed by atoms with E-state index in [1.807, 2.05) is 0 Å². The highest BCUT2D eigenvalue weighted by atomic mass is 16.4. The van der Waals surface area contributed by atoms with Crippen molar-refractivity contribution in [3.63, 3.8) is 0 Å². The van der Waals surface area contributed by atoms with Gasteiger partial charge in [-0.1, -0.05) is 6.42 Å². The molecule has 5 heteroatoms. The quantitative estimate of drug-likeness (QED) is 0.737. The van der Waals surface area contributed by atoms with Crippen LogP contribution < -0.4 is 5.32 Å². The van der Waals surface area contributed by atoms with Crippen molar-refractivity contribution in [2.75, 3.05) is 26.2 Å². The molecule has 1 heterocycles. The molecule has 0 aromatic heterocycles. The first kappa shape index (κ1) is 13.3. The van der Waals surface area contributed by atoms with Gasteiger partial charge in [-0.05, 0) is 38.8 Å². The predicted molar refractivity (Wildman–Crippen MR) is 67.2 cm³/mol. The van der Waals surface area contributed by atoms with Gasteiger partial charge < -0.3 is 15.3 Å². The molecule has 1 saturated heterocycles. The Balaban J connectivity index is 1.66. The first-order valence-electron chi connectivity index (χ1n) is 6.85. The molecule has 2 aliphatic rings. The number of nitrogens with zero attached hydrogens (tertiary/aromatic N) is 1. The Labute approximate surface area is 108 Å². The van der Waals surface area contributed by atoms with Gasteiger partial charge in [0.1, 0.15) is 0 Å². The number of amides is 1. The van der Waals surface area contributed by atoms with Crippen molar-refractivity contribution in [3.05, 3.63) is 0 Å². The molecule has 2 N–H and O–H groups in total. The second-order valence-electron chi connectivity index (χ2n) is 5.51. The van der Waals surface area contributed by atoms with Gasteiger partial charge in [-0.25, -0.2) is 0 Å². The summed E-state index contributed by atoms with van der Waals surface area (Å²) in [4.78, 5) is 25.1. The first-order valence-corrected chi connectivity index (χ1v) is 6.85. The zero-order valence-corrected chi connectivity index (χ0v) is 10.8. The van der Waals surface area contributed by atoms with E-state index < -0.39 is 11.4 Å². The fraction of sp³-hybridized carbons (Fsp3) is 0.846. The van der Waals surface area contributed by atoms with E-state index in [0.29, 0.717) is 25.8 Å². The van der Waals surface area contributed by atoms with E-state index in [4.69, 9.17) is 5.11 Å². The lowest BCUT2D eigenvalue weighted by Gasteiger charge is -2.37. The van der Waals surface area contributed by atoms with Crippen LogP contribution >= 0.6 is 0 Å². The average Bonchev–Trinajstić information content (AvgIpc) is 2.77. The van der Waals surface area contributed by atoms with E-state index in [-0.39, 0.29) is 5.91 Å². The molecule has 0 aromatic carbocycles. The minimum absolute atomic E-state index is 0.0191. The molecule has 102 valence electrons. The number of nitrogens with one attached hydrogen (secondary N) is 1. The molecule has 0 unspecified atom stereocenters. The highest BCUT2D eigenvalue weighted by Gasteiger charge is 2.44. The van der Waals surface area contributed by atoms with Crippen LogP contribution in [0, 0.1) is 5.41 Å². The summed E-state index contributed by atoms with van der Waals surface area (Å²) in [5.41, 5.74) is -0.677. The number of carboxylic acids is 1. The van der Waals surface area contributed by atoms with Crippen LogP contribution in [0.4, 0.5) is 0 Å². The summed E-state index contributed by atoms with van der Waals surface area (Å²) in [5.74, 6) is -0.789. The predicted octanol–water partition coefficient (Wildman–Crippen LogP) is 0.843. The lowest BCUT2D eigenvalue weighted by Crippen LogP contribution is -2.47. The zero-order chi connectivity index (χ0) is 13.0. The van der Waals surface area contributed by atoms with Crippen molar-refractivity contribution in [2.45, 2.75) is 38.5 Å². The molecule has 1 aliphatic heterocycles. The molecule has 2 fully saturated rings. The van der Waals surface area contributed by atoms with E-state index >= 15 is 0 Å². The van der Waals surface area contributed by atoms with Gasteiger partial charge in [0.25, 0.3) is 0 Å². The molecule has 0 radical (unpaired) electrons. The van der Waals surface area contributed by atoms with Crippen molar-refractivity contribution in [1.82, 2.24) is 10.2 Å². The van der Waals surface area contributed by atoms with Gasteiger partial charge in [0, 0.05) is 19.5 Å². The Bertz CT molecular complexity index is 320. The lowest BCUT2D eigenvalue weighted by atomic mass is 9.69. The van der Waals surface area contributed by atoms with Crippen LogP contribution in [0.1, 0.15) is 38.5 Å². The third-order valence-electron chi connectivity index (χ3n) is 4.24. The number of hydrogen-bond donors (Lipinski definition) is 2. The average molecular weight is 254 g/mol. The summed E-state index contributed by atoms with van der Waals surface area (Å²) in [6.45, 7) is 3.27. The number of aliphatic carboxylic acids is 1. The smallest absolute Gasteiger partial charge is 0.311 e. The van der Waals surface area contributed by atoms with E-state index in [9.17, 15) is 9.59 Å². The molecule has 18 heavy (non-hydrogen) atoms.